The number of unbranched alkanes of at least 4 members (excludes halogenated alkanes) is 1. The molecule has 0 saturated carbocycles. The SMILES string of the molecule is CCCCC(C#N)(CCC(C)N1CCC(c2[nH]nc3cc(F)ccc23)CC1)c1cc(OC)c(OC)c(OC)c1. The van der Waals surface area contributed by atoms with Crippen LogP contribution in [0.1, 0.15) is 76.0 Å². The molecule has 7 nitrogen and oxygen atoms in total. The molecular formula is C31H41FN4O3. The number of fused-ring (bicyclic) bond motifs is 1. The molecule has 1 saturated heterocycles. The summed E-state index contributed by atoms with van der Waals surface area (Å²) in [5.41, 5.74) is 2.08. The first-order valence-corrected chi connectivity index (χ1v) is 14.0. The fraction of sp³-hybridized carbons (Fsp3) is 0.548. The minimum Gasteiger partial charge on any atom is -0.493 e. The number of nitriles is 1. The summed E-state index contributed by atoms with van der Waals surface area (Å²) in [4.78, 5) is 2.53. The van der Waals surface area contributed by atoms with E-state index in [0.29, 0.717) is 34.7 Å². The Labute approximate surface area is 231 Å². The van der Waals surface area contributed by atoms with Crippen LogP contribution in [0.3, 0.4) is 0 Å². The summed E-state index contributed by atoms with van der Waals surface area (Å²) in [5.74, 6) is 1.81. The molecule has 2 atom stereocenters. The number of hydrogen-bond acceptors (Lipinski definition) is 6. The highest BCUT2D eigenvalue weighted by molar-refractivity contribution is 5.81. The predicted octanol–water partition coefficient (Wildman–Crippen LogP) is 6.73. The van der Waals surface area contributed by atoms with E-state index in [1.54, 1.807) is 21.3 Å². The number of methoxy groups -OCH3 is 3. The molecule has 4 rings (SSSR count). The van der Waals surface area contributed by atoms with Crippen LogP contribution >= 0.6 is 0 Å². The molecule has 2 heterocycles. The van der Waals surface area contributed by atoms with Crippen LogP contribution in [0.25, 0.3) is 10.9 Å². The predicted molar refractivity (Wildman–Crippen MR) is 151 cm³/mol. The summed E-state index contributed by atoms with van der Waals surface area (Å²) in [6.07, 6.45) is 6.46. The number of nitrogens with one attached hydrogen (secondary N) is 1. The molecule has 39 heavy (non-hydrogen) atoms. The molecule has 2 aromatic carbocycles. The van der Waals surface area contributed by atoms with Crippen LogP contribution in [0, 0.1) is 17.1 Å². The second-order valence-corrected chi connectivity index (χ2v) is 10.7. The summed E-state index contributed by atoms with van der Waals surface area (Å²) in [6.45, 7) is 6.38. The zero-order valence-electron chi connectivity index (χ0n) is 23.8. The van der Waals surface area contributed by atoms with E-state index in [9.17, 15) is 9.65 Å². The van der Waals surface area contributed by atoms with Gasteiger partial charge >= 0.3 is 0 Å². The Kier molecular flexibility index (Phi) is 9.34. The Bertz CT molecular complexity index is 1270. The number of aromatic amines is 1. The van der Waals surface area contributed by atoms with Gasteiger partial charge in [-0.2, -0.15) is 10.4 Å². The van der Waals surface area contributed by atoms with E-state index in [1.807, 2.05) is 18.2 Å². The van der Waals surface area contributed by atoms with Gasteiger partial charge in [0.15, 0.2) is 11.5 Å². The zero-order chi connectivity index (χ0) is 28.0. The first-order chi connectivity index (χ1) is 18.9. The van der Waals surface area contributed by atoms with E-state index in [-0.39, 0.29) is 5.82 Å². The lowest BCUT2D eigenvalue weighted by molar-refractivity contribution is 0.148. The zero-order valence-corrected chi connectivity index (χ0v) is 23.8. The molecule has 1 N–H and O–H groups in total. The van der Waals surface area contributed by atoms with Crippen LogP contribution in [0.4, 0.5) is 4.39 Å². The fourth-order valence-electron chi connectivity index (χ4n) is 6.01. The first-order valence-electron chi connectivity index (χ1n) is 14.0. The normalized spacial score (nSPS) is 16.9. The topological polar surface area (TPSA) is 83.4 Å². The Hall–Kier alpha value is -3.31. The number of benzene rings is 2. The van der Waals surface area contributed by atoms with Crippen LogP contribution in [-0.4, -0.2) is 55.6 Å². The maximum Gasteiger partial charge on any atom is 0.203 e. The van der Waals surface area contributed by atoms with Gasteiger partial charge in [0.25, 0.3) is 0 Å². The van der Waals surface area contributed by atoms with Crippen molar-refractivity contribution in [2.75, 3.05) is 34.4 Å². The summed E-state index contributed by atoms with van der Waals surface area (Å²) in [7, 11) is 4.81. The number of rotatable bonds is 12. The molecule has 1 aromatic heterocycles. The molecule has 1 aliphatic heterocycles. The van der Waals surface area contributed by atoms with Crippen molar-refractivity contribution >= 4 is 10.9 Å². The van der Waals surface area contributed by atoms with Crippen molar-refractivity contribution in [3.8, 4) is 23.3 Å². The highest BCUT2D eigenvalue weighted by atomic mass is 19.1. The third kappa shape index (κ3) is 5.99. The standard InChI is InChI=1S/C31H41FN4O3/c1-6-7-13-31(20-33,23-17-27(37-3)30(39-5)28(18-23)38-4)14-10-21(2)36-15-11-22(12-16-36)29-25-9-8-24(32)19-26(25)34-35-29/h8-9,17-19,21-22H,6-7,10-16H2,1-5H3,(H,34,35). The number of likely N-dealkylation sites (tertiary alicyclic amines) is 1. The summed E-state index contributed by atoms with van der Waals surface area (Å²) < 4.78 is 30.3. The number of hydrogen-bond donors (Lipinski definition) is 1. The third-order valence-corrected chi connectivity index (χ3v) is 8.49. The lowest BCUT2D eigenvalue weighted by Crippen LogP contribution is -2.40. The smallest absolute Gasteiger partial charge is 0.203 e. The van der Waals surface area contributed by atoms with Crippen LogP contribution in [0.5, 0.6) is 17.2 Å². The van der Waals surface area contributed by atoms with E-state index >= 15 is 0 Å². The van der Waals surface area contributed by atoms with Gasteiger partial charge in [-0.3, -0.25) is 5.10 Å². The highest BCUT2D eigenvalue weighted by Gasteiger charge is 2.35. The molecule has 0 radical (unpaired) electrons. The number of nitrogens with zero attached hydrogens (tertiary/aromatic N) is 3. The summed E-state index contributed by atoms with van der Waals surface area (Å²) in [6, 6.07) is 11.8. The number of ether oxygens (including phenoxy) is 3. The van der Waals surface area contributed by atoms with Crippen LogP contribution in [0.2, 0.25) is 0 Å². The number of halogens is 1. The molecule has 0 amide bonds. The van der Waals surface area contributed by atoms with Crippen molar-refractivity contribution in [1.29, 1.82) is 5.26 Å². The Balaban J connectivity index is 1.47. The van der Waals surface area contributed by atoms with Gasteiger partial charge in [-0.25, -0.2) is 4.39 Å². The van der Waals surface area contributed by atoms with Gasteiger partial charge < -0.3 is 19.1 Å². The van der Waals surface area contributed by atoms with Crippen LogP contribution in [-0.2, 0) is 5.41 Å². The molecule has 8 heteroatoms. The molecule has 3 aromatic rings. The lowest BCUT2D eigenvalue weighted by atomic mass is 9.73. The maximum atomic E-state index is 13.6. The van der Waals surface area contributed by atoms with Crippen LogP contribution < -0.4 is 14.2 Å². The van der Waals surface area contributed by atoms with Gasteiger partial charge in [0, 0.05) is 29.1 Å². The molecular weight excluding hydrogens is 495 g/mol. The molecule has 1 fully saturated rings. The van der Waals surface area contributed by atoms with Gasteiger partial charge in [0.1, 0.15) is 5.82 Å². The fourth-order valence-corrected chi connectivity index (χ4v) is 6.01. The first kappa shape index (κ1) is 28.7. The van der Waals surface area contributed by atoms with Gasteiger partial charge in [0.2, 0.25) is 5.75 Å². The van der Waals surface area contributed by atoms with E-state index < -0.39 is 5.41 Å². The van der Waals surface area contributed by atoms with Crippen molar-refractivity contribution in [3.63, 3.8) is 0 Å². The van der Waals surface area contributed by atoms with Crippen molar-refractivity contribution < 1.29 is 18.6 Å². The minimum atomic E-state index is -0.639. The van der Waals surface area contributed by atoms with Crippen LogP contribution in [0.15, 0.2) is 30.3 Å². The number of piperidine rings is 1. The van der Waals surface area contributed by atoms with Crippen molar-refractivity contribution in [2.24, 2.45) is 0 Å². The monoisotopic (exact) mass is 536 g/mol. The molecule has 210 valence electrons. The van der Waals surface area contributed by atoms with Crippen molar-refractivity contribution in [3.05, 3.63) is 47.4 Å². The molecule has 1 aliphatic rings. The molecule has 0 bridgehead atoms. The largest absolute Gasteiger partial charge is 0.493 e. The summed E-state index contributed by atoms with van der Waals surface area (Å²) >= 11 is 0. The van der Waals surface area contributed by atoms with Gasteiger partial charge in [-0.1, -0.05) is 19.8 Å². The van der Waals surface area contributed by atoms with E-state index in [1.165, 1.54) is 12.1 Å². The molecule has 0 spiro atoms. The maximum absolute atomic E-state index is 13.6. The third-order valence-electron chi connectivity index (χ3n) is 8.49. The number of H-pyrrole nitrogens is 1. The summed E-state index contributed by atoms with van der Waals surface area (Å²) in [5, 5.41) is 19.1. The average molecular weight is 537 g/mol. The van der Waals surface area contributed by atoms with E-state index in [0.717, 1.165) is 74.7 Å². The minimum absolute atomic E-state index is 0.261. The Morgan fingerprint density at radius 2 is 1.79 bits per heavy atom. The van der Waals surface area contributed by atoms with Gasteiger partial charge in [-0.05, 0) is 81.9 Å². The molecule has 2 unspecified atom stereocenters. The van der Waals surface area contributed by atoms with E-state index in [4.69, 9.17) is 14.2 Å². The van der Waals surface area contributed by atoms with E-state index in [2.05, 4.69) is 35.0 Å². The number of aromatic nitrogens is 2. The lowest BCUT2D eigenvalue weighted by Gasteiger charge is -2.37. The van der Waals surface area contributed by atoms with Gasteiger partial charge in [0.05, 0.1) is 38.3 Å². The van der Waals surface area contributed by atoms with Gasteiger partial charge in [-0.15, -0.1) is 0 Å². The highest BCUT2D eigenvalue weighted by Crippen LogP contribution is 2.45. The van der Waals surface area contributed by atoms with Crippen molar-refractivity contribution in [2.45, 2.75) is 76.2 Å². The second kappa shape index (κ2) is 12.7. The quantitative estimate of drug-likeness (QED) is 0.276. The Morgan fingerprint density at radius 1 is 1.10 bits per heavy atom. The molecule has 0 aliphatic carbocycles. The Morgan fingerprint density at radius 3 is 2.38 bits per heavy atom. The second-order valence-electron chi connectivity index (χ2n) is 10.7. The average Bonchev–Trinajstić information content (AvgIpc) is 3.39. The van der Waals surface area contributed by atoms with Crippen molar-refractivity contribution in [1.82, 2.24) is 15.1 Å².